The van der Waals surface area contributed by atoms with E-state index in [4.69, 9.17) is 16.3 Å². The van der Waals surface area contributed by atoms with Crippen molar-refractivity contribution in [3.05, 3.63) is 65.3 Å². The van der Waals surface area contributed by atoms with Crippen molar-refractivity contribution in [2.75, 3.05) is 0 Å². The highest BCUT2D eigenvalue weighted by atomic mass is 79.9. The number of rotatable bonds is 3. The molecular weight excluding hydrogens is 338 g/mol. The number of aromatic nitrogens is 1. The lowest BCUT2D eigenvalue weighted by Gasteiger charge is -2.09. The van der Waals surface area contributed by atoms with Gasteiger partial charge in [-0.2, -0.15) is 0 Å². The quantitative estimate of drug-likeness (QED) is 0.577. The molecule has 2 nitrogen and oxygen atoms in total. The number of benzene rings is 2. The molecule has 2 aromatic carbocycles. The van der Waals surface area contributed by atoms with Crippen LogP contribution in [0.4, 0.5) is 0 Å². The number of hydrogen-bond donors (Lipinski definition) is 0. The SMILES string of the molecule is Clc1ccc(Oc2ccc(CBr)cn2)c2ccccc12. The van der Waals surface area contributed by atoms with Gasteiger partial charge in [0.1, 0.15) is 5.75 Å². The van der Waals surface area contributed by atoms with Gasteiger partial charge in [-0.15, -0.1) is 0 Å². The first-order chi connectivity index (χ1) is 9.78. The van der Waals surface area contributed by atoms with Crippen LogP contribution in [0.3, 0.4) is 0 Å². The lowest BCUT2D eigenvalue weighted by atomic mass is 10.1. The van der Waals surface area contributed by atoms with Crippen LogP contribution in [0.15, 0.2) is 54.7 Å². The minimum absolute atomic E-state index is 0.571. The molecule has 3 rings (SSSR count). The summed E-state index contributed by atoms with van der Waals surface area (Å²) in [6.07, 6.45) is 1.79. The molecule has 1 heterocycles. The van der Waals surface area contributed by atoms with E-state index in [0.29, 0.717) is 5.88 Å². The van der Waals surface area contributed by atoms with E-state index >= 15 is 0 Å². The highest BCUT2D eigenvalue weighted by Gasteiger charge is 2.06. The number of fused-ring (bicyclic) bond motifs is 1. The van der Waals surface area contributed by atoms with E-state index in [9.17, 15) is 0 Å². The first-order valence-electron chi connectivity index (χ1n) is 6.14. The van der Waals surface area contributed by atoms with Crippen molar-refractivity contribution in [3.63, 3.8) is 0 Å². The summed E-state index contributed by atoms with van der Waals surface area (Å²) in [5, 5.41) is 3.45. The van der Waals surface area contributed by atoms with E-state index in [1.165, 1.54) is 0 Å². The Morgan fingerprint density at radius 3 is 2.50 bits per heavy atom. The zero-order valence-electron chi connectivity index (χ0n) is 10.5. The van der Waals surface area contributed by atoms with E-state index in [1.807, 2.05) is 48.5 Å². The Kier molecular flexibility index (Phi) is 3.90. The number of nitrogens with zero attached hydrogens (tertiary/aromatic N) is 1. The maximum atomic E-state index is 6.20. The molecule has 1 aromatic heterocycles. The van der Waals surface area contributed by atoms with Crippen LogP contribution in [-0.4, -0.2) is 4.98 Å². The molecular formula is C16H11BrClNO. The average Bonchev–Trinajstić information content (AvgIpc) is 2.51. The Morgan fingerprint density at radius 2 is 1.80 bits per heavy atom. The smallest absolute Gasteiger partial charge is 0.219 e. The van der Waals surface area contributed by atoms with Gasteiger partial charge in [0.05, 0.1) is 0 Å². The van der Waals surface area contributed by atoms with Crippen molar-refractivity contribution in [2.24, 2.45) is 0 Å². The molecule has 20 heavy (non-hydrogen) atoms. The van der Waals surface area contributed by atoms with Crippen molar-refractivity contribution in [3.8, 4) is 11.6 Å². The fourth-order valence-electron chi connectivity index (χ4n) is 1.99. The topological polar surface area (TPSA) is 22.1 Å². The summed E-state index contributed by atoms with van der Waals surface area (Å²) in [5.74, 6) is 1.33. The summed E-state index contributed by atoms with van der Waals surface area (Å²) in [6, 6.07) is 15.4. The molecule has 0 fully saturated rings. The lowest BCUT2D eigenvalue weighted by Crippen LogP contribution is -1.90. The number of hydrogen-bond acceptors (Lipinski definition) is 2. The minimum atomic E-state index is 0.571. The maximum Gasteiger partial charge on any atom is 0.219 e. The monoisotopic (exact) mass is 347 g/mol. The van der Waals surface area contributed by atoms with Crippen LogP contribution < -0.4 is 4.74 Å². The summed E-state index contributed by atoms with van der Waals surface area (Å²) in [4.78, 5) is 4.29. The highest BCUT2D eigenvalue weighted by molar-refractivity contribution is 9.08. The molecule has 0 amide bonds. The molecule has 0 unspecified atom stereocenters. The van der Waals surface area contributed by atoms with Crippen LogP contribution in [0, 0.1) is 0 Å². The molecule has 100 valence electrons. The van der Waals surface area contributed by atoms with Gasteiger partial charge in [0, 0.05) is 33.4 Å². The van der Waals surface area contributed by atoms with Crippen molar-refractivity contribution in [1.29, 1.82) is 0 Å². The van der Waals surface area contributed by atoms with Crippen molar-refractivity contribution in [2.45, 2.75) is 5.33 Å². The van der Waals surface area contributed by atoms with E-state index < -0.39 is 0 Å². The fraction of sp³-hybridized carbons (Fsp3) is 0.0625. The second-order valence-corrected chi connectivity index (χ2v) is 5.30. The third-order valence-electron chi connectivity index (χ3n) is 3.00. The van der Waals surface area contributed by atoms with Crippen LogP contribution in [0.2, 0.25) is 5.02 Å². The van der Waals surface area contributed by atoms with Crippen LogP contribution in [0.25, 0.3) is 10.8 Å². The zero-order chi connectivity index (χ0) is 13.9. The van der Waals surface area contributed by atoms with Crippen molar-refractivity contribution < 1.29 is 4.74 Å². The predicted molar refractivity (Wildman–Crippen MR) is 85.9 cm³/mol. The highest BCUT2D eigenvalue weighted by Crippen LogP contribution is 2.33. The van der Waals surface area contributed by atoms with Crippen LogP contribution in [0.5, 0.6) is 11.6 Å². The second-order valence-electron chi connectivity index (χ2n) is 4.33. The van der Waals surface area contributed by atoms with Gasteiger partial charge < -0.3 is 4.74 Å². The molecule has 0 aliphatic carbocycles. The largest absolute Gasteiger partial charge is 0.438 e. The first kappa shape index (κ1) is 13.4. The molecule has 0 N–H and O–H groups in total. The average molecular weight is 349 g/mol. The van der Waals surface area contributed by atoms with Gasteiger partial charge in [0.15, 0.2) is 0 Å². The summed E-state index contributed by atoms with van der Waals surface area (Å²) in [7, 11) is 0. The zero-order valence-corrected chi connectivity index (χ0v) is 12.9. The number of halogens is 2. The molecule has 0 atom stereocenters. The first-order valence-corrected chi connectivity index (χ1v) is 7.64. The summed E-state index contributed by atoms with van der Waals surface area (Å²) in [6.45, 7) is 0. The summed E-state index contributed by atoms with van der Waals surface area (Å²) < 4.78 is 5.86. The Hall–Kier alpha value is -1.58. The predicted octanol–water partition coefficient (Wildman–Crippen LogP) is 5.58. The van der Waals surface area contributed by atoms with Crippen molar-refractivity contribution in [1.82, 2.24) is 4.98 Å². The summed E-state index contributed by atoms with van der Waals surface area (Å²) in [5.41, 5.74) is 1.11. The molecule has 0 radical (unpaired) electrons. The van der Waals surface area contributed by atoms with Crippen LogP contribution in [-0.2, 0) is 5.33 Å². The standard InChI is InChI=1S/C16H11BrClNO/c17-9-11-5-8-16(19-10-11)20-15-7-6-14(18)12-3-1-2-4-13(12)15/h1-8,10H,9H2. The molecule has 0 aliphatic rings. The van der Waals surface area contributed by atoms with E-state index in [2.05, 4.69) is 20.9 Å². The lowest BCUT2D eigenvalue weighted by molar-refractivity contribution is 0.468. The minimum Gasteiger partial charge on any atom is -0.438 e. The van der Waals surface area contributed by atoms with Gasteiger partial charge in [0.2, 0.25) is 5.88 Å². The van der Waals surface area contributed by atoms with Gasteiger partial charge in [-0.1, -0.05) is 57.9 Å². The van der Waals surface area contributed by atoms with E-state index in [-0.39, 0.29) is 0 Å². The third-order valence-corrected chi connectivity index (χ3v) is 3.97. The number of pyridine rings is 1. The number of ether oxygens (including phenoxy) is 1. The van der Waals surface area contributed by atoms with Crippen LogP contribution in [0.1, 0.15) is 5.56 Å². The Balaban J connectivity index is 2.00. The molecule has 3 aromatic rings. The van der Waals surface area contributed by atoms with Gasteiger partial charge in [0.25, 0.3) is 0 Å². The number of alkyl halides is 1. The Labute approximate surface area is 130 Å². The molecule has 0 saturated carbocycles. The Bertz CT molecular complexity index is 743. The molecule has 0 spiro atoms. The third kappa shape index (κ3) is 2.65. The van der Waals surface area contributed by atoms with Gasteiger partial charge in [-0.05, 0) is 17.7 Å². The molecule has 0 saturated heterocycles. The summed E-state index contributed by atoms with van der Waals surface area (Å²) >= 11 is 9.59. The Morgan fingerprint density at radius 1 is 1.00 bits per heavy atom. The van der Waals surface area contributed by atoms with E-state index in [0.717, 1.165) is 32.4 Å². The second kappa shape index (κ2) is 5.81. The van der Waals surface area contributed by atoms with Crippen LogP contribution >= 0.6 is 27.5 Å². The van der Waals surface area contributed by atoms with E-state index in [1.54, 1.807) is 6.20 Å². The van der Waals surface area contributed by atoms with Gasteiger partial charge in [-0.3, -0.25) is 0 Å². The van der Waals surface area contributed by atoms with Gasteiger partial charge in [-0.25, -0.2) is 4.98 Å². The molecule has 0 bridgehead atoms. The molecule has 0 aliphatic heterocycles. The van der Waals surface area contributed by atoms with Gasteiger partial charge >= 0.3 is 0 Å². The maximum absolute atomic E-state index is 6.20. The van der Waals surface area contributed by atoms with Crippen molar-refractivity contribution >= 4 is 38.3 Å². The molecule has 4 heteroatoms. The normalized spacial score (nSPS) is 10.7. The fourth-order valence-corrected chi connectivity index (χ4v) is 2.55.